The van der Waals surface area contributed by atoms with E-state index in [1.807, 2.05) is 31.2 Å². The molecular weight excluding hydrogens is 333 g/mol. The lowest BCUT2D eigenvalue weighted by atomic mass is 10.2. The molecule has 0 radical (unpaired) electrons. The van der Waals surface area contributed by atoms with Crippen LogP contribution in [0.25, 0.3) is 0 Å². The topological polar surface area (TPSA) is 64.9 Å². The number of nitrogens with one attached hydrogen (secondary N) is 2. The zero-order chi connectivity index (χ0) is 16.8. The number of carbonyl (C=O) groups excluding carboxylic acids is 1. The Balaban J connectivity index is 2.14. The van der Waals surface area contributed by atoms with Gasteiger partial charge in [-0.05, 0) is 36.8 Å². The Morgan fingerprint density at radius 2 is 1.83 bits per heavy atom. The number of para-hydroxylation sites is 1. The lowest BCUT2D eigenvalue weighted by molar-refractivity contribution is -0.112. The zero-order valence-electron chi connectivity index (χ0n) is 12.2. The van der Waals surface area contributed by atoms with E-state index in [9.17, 15) is 4.79 Å². The lowest BCUT2D eigenvalue weighted by Crippen LogP contribution is -2.15. The third-order valence-electron chi connectivity index (χ3n) is 3.00. The molecule has 2 aromatic carbocycles. The van der Waals surface area contributed by atoms with Crippen LogP contribution in [0.15, 0.2) is 54.2 Å². The van der Waals surface area contributed by atoms with Crippen molar-refractivity contribution in [2.45, 2.75) is 6.92 Å². The Labute approximate surface area is 144 Å². The molecule has 0 atom stereocenters. The van der Waals surface area contributed by atoms with Gasteiger partial charge < -0.3 is 10.6 Å². The summed E-state index contributed by atoms with van der Waals surface area (Å²) in [6.07, 6.45) is 1.32. The van der Waals surface area contributed by atoms with Gasteiger partial charge in [-0.1, -0.05) is 41.4 Å². The van der Waals surface area contributed by atoms with Crippen LogP contribution in [0.3, 0.4) is 0 Å². The Morgan fingerprint density at radius 3 is 2.43 bits per heavy atom. The first-order valence-corrected chi connectivity index (χ1v) is 7.45. The molecule has 0 aliphatic carbocycles. The predicted molar refractivity (Wildman–Crippen MR) is 93.6 cm³/mol. The van der Waals surface area contributed by atoms with Crippen LogP contribution < -0.4 is 10.6 Å². The van der Waals surface area contributed by atoms with Crippen molar-refractivity contribution >= 4 is 40.5 Å². The van der Waals surface area contributed by atoms with E-state index in [2.05, 4.69) is 10.6 Å². The van der Waals surface area contributed by atoms with Crippen LogP contribution in [-0.4, -0.2) is 5.91 Å². The Bertz CT molecular complexity index is 789. The predicted octanol–water partition coefficient (Wildman–Crippen LogP) is 4.76. The quantitative estimate of drug-likeness (QED) is 0.620. The second-order valence-corrected chi connectivity index (χ2v) is 5.61. The maximum absolute atomic E-state index is 12.2. The number of aryl methyl sites for hydroxylation is 1. The molecule has 0 fully saturated rings. The van der Waals surface area contributed by atoms with E-state index >= 15 is 0 Å². The number of hydrogen-bond acceptors (Lipinski definition) is 3. The summed E-state index contributed by atoms with van der Waals surface area (Å²) in [5.74, 6) is -0.498. The first-order chi connectivity index (χ1) is 11.0. The van der Waals surface area contributed by atoms with E-state index in [0.29, 0.717) is 21.4 Å². The Hall–Kier alpha value is -2.48. The minimum Gasteiger partial charge on any atom is -0.360 e. The Kier molecular flexibility index (Phi) is 5.64. The van der Waals surface area contributed by atoms with E-state index in [4.69, 9.17) is 28.5 Å². The maximum Gasteiger partial charge on any atom is 0.267 e. The van der Waals surface area contributed by atoms with Crippen LogP contribution in [0, 0.1) is 18.3 Å². The van der Waals surface area contributed by atoms with Crippen LogP contribution in [0.1, 0.15) is 5.56 Å². The highest BCUT2D eigenvalue weighted by molar-refractivity contribution is 6.35. The number of nitrogens with zero attached hydrogens (tertiary/aromatic N) is 1. The molecule has 0 aliphatic heterocycles. The molecular formula is C17H13Cl2N3O. The SMILES string of the molecule is Cc1ccccc1NC(=O)/C(C#N)=C\Nc1cc(Cl)cc(Cl)c1. The number of amides is 1. The molecule has 0 aliphatic rings. The molecule has 2 N–H and O–H groups in total. The van der Waals surface area contributed by atoms with Gasteiger partial charge in [-0.25, -0.2) is 0 Å². The number of nitriles is 1. The van der Waals surface area contributed by atoms with Gasteiger partial charge >= 0.3 is 0 Å². The molecule has 0 saturated heterocycles. The van der Waals surface area contributed by atoms with Gasteiger partial charge in [0.1, 0.15) is 11.6 Å². The summed E-state index contributed by atoms with van der Waals surface area (Å²) < 4.78 is 0. The Morgan fingerprint density at radius 1 is 1.17 bits per heavy atom. The van der Waals surface area contributed by atoms with E-state index < -0.39 is 5.91 Å². The molecule has 6 heteroatoms. The van der Waals surface area contributed by atoms with Gasteiger partial charge in [0, 0.05) is 27.6 Å². The van der Waals surface area contributed by atoms with Gasteiger partial charge in [0.2, 0.25) is 0 Å². The normalized spacial score (nSPS) is 10.8. The van der Waals surface area contributed by atoms with Gasteiger partial charge in [-0.3, -0.25) is 4.79 Å². The third kappa shape index (κ3) is 4.75. The largest absolute Gasteiger partial charge is 0.360 e. The van der Waals surface area contributed by atoms with Crippen molar-refractivity contribution in [2.75, 3.05) is 10.6 Å². The lowest BCUT2D eigenvalue weighted by Gasteiger charge is -2.08. The van der Waals surface area contributed by atoms with E-state index in [-0.39, 0.29) is 5.57 Å². The average molecular weight is 346 g/mol. The van der Waals surface area contributed by atoms with Crippen LogP contribution in [0.4, 0.5) is 11.4 Å². The van der Waals surface area contributed by atoms with Crippen molar-refractivity contribution in [3.05, 3.63) is 69.8 Å². The molecule has 0 aromatic heterocycles. The summed E-state index contributed by atoms with van der Waals surface area (Å²) in [4.78, 5) is 12.2. The number of halogens is 2. The highest BCUT2D eigenvalue weighted by atomic mass is 35.5. The first kappa shape index (κ1) is 16.9. The van der Waals surface area contributed by atoms with Gasteiger partial charge in [0.05, 0.1) is 0 Å². The van der Waals surface area contributed by atoms with Crippen molar-refractivity contribution in [3.8, 4) is 6.07 Å². The van der Waals surface area contributed by atoms with Crippen molar-refractivity contribution < 1.29 is 4.79 Å². The van der Waals surface area contributed by atoms with Gasteiger partial charge in [-0.15, -0.1) is 0 Å². The molecule has 0 spiro atoms. The average Bonchev–Trinajstić information content (AvgIpc) is 2.49. The first-order valence-electron chi connectivity index (χ1n) is 6.69. The fourth-order valence-corrected chi connectivity index (χ4v) is 2.37. The second kappa shape index (κ2) is 7.68. The molecule has 1 amide bonds. The summed E-state index contributed by atoms with van der Waals surface area (Å²) in [5.41, 5.74) is 2.08. The maximum atomic E-state index is 12.2. The molecule has 0 saturated carbocycles. The zero-order valence-corrected chi connectivity index (χ0v) is 13.7. The molecule has 0 heterocycles. The summed E-state index contributed by atoms with van der Waals surface area (Å²) in [5, 5.41) is 15.6. The highest BCUT2D eigenvalue weighted by Gasteiger charge is 2.10. The van der Waals surface area contributed by atoms with Gasteiger partial charge in [-0.2, -0.15) is 5.26 Å². The van der Waals surface area contributed by atoms with E-state index in [0.717, 1.165) is 5.56 Å². The molecule has 116 valence electrons. The summed E-state index contributed by atoms with van der Waals surface area (Å²) >= 11 is 11.8. The highest BCUT2D eigenvalue weighted by Crippen LogP contribution is 2.22. The summed E-state index contributed by atoms with van der Waals surface area (Å²) in [6.45, 7) is 1.87. The smallest absolute Gasteiger partial charge is 0.267 e. The second-order valence-electron chi connectivity index (χ2n) is 4.74. The van der Waals surface area contributed by atoms with Gasteiger partial charge in [0.15, 0.2) is 0 Å². The fraction of sp³-hybridized carbons (Fsp3) is 0.0588. The van der Waals surface area contributed by atoms with Gasteiger partial charge in [0.25, 0.3) is 5.91 Å². The standard InChI is InChI=1S/C17H13Cl2N3O/c1-11-4-2-3-5-16(11)22-17(23)12(9-20)10-21-15-7-13(18)6-14(19)8-15/h2-8,10,21H,1H3,(H,22,23)/b12-10-. The van der Waals surface area contributed by atoms with Crippen molar-refractivity contribution in [3.63, 3.8) is 0 Å². The van der Waals surface area contributed by atoms with Crippen LogP contribution in [0.2, 0.25) is 10.0 Å². The van der Waals surface area contributed by atoms with E-state index in [1.165, 1.54) is 6.20 Å². The molecule has 2 aromatic rings. The summed E-state index contributed by atoms with van der Waals surface area (Å²) in [7, 11) is 0. The molecule has 0 bridgehead atoms. The monoisotopic (exact) mass is 345 g/mol. The van der Waals surface area contributed by atoms with Crippen LogP contribution in [-0.2, 0) is 4.79 Å². The van der Waals surface area contributed by atoms with Crippen LogP contribution >= 0.6 is 23.2 Å². The minimum atomic E-state index is -0.498. The number of carbonyl (C=O) groups is 1. The number of anilines is 2. The van der Waals surface area contributed by atoms with Crippen molar-refractivity contribution in [2.24, 2.45) is 0 Å². The number of rotatable bonds is 4. The third-order valence-corrected chi connectivity index (χ3v) is 3.44. The van der Waals surface area contributed by atoms with Crippen molar-refractivity contribution in [1.29, 1.82) is 5.26 Å². The number of benzene rings is 2. The molecule has 0 unspecified atom stereocenters. The molecule has 4 nitrogen and oxygen atoms in total. The fourth-order valence-electron chi connectivity index (χ4n) is 1.84. The van der Waals surface area contributed by atoms with E-state index in [1.54, 1.807) is 24.3 Å². The molecule has 2 rings (SSSR count). The summed E-state index contributed by atoms with van der Waals surface area (Å²) in [6, 6.07) is 14.1. The van der Waals surface area contributed by atoms with Crippen molar-refractivity contribution in [1.82, 2.24) is 0 Å². The molecule has 23 heavy (non-hydrogen) atoms. The van der Waals surface area contributed by atoms with Crippen LogP contribution in [0.5, 0.6) is 0 Å². The number of hydrogen-bond donors (Lipinski definition) is 2. The minimum absolute atomic E-state index is 0.0654.